The van der Waals surface area contributed by atoms with Crippen LogP contribution >= 0.6 is 7.82 Å². The normalized spacial score (nSPS) is 14.8. The molecule has 0 saturated heterocycles. The predicted molar refractivity (Wildman–Crippen MR) is 91.6 cm³/mol. The second kappa shape index (κ2) is 6.06. The van der Waals surface area contributed by atoms with Crippen molar-refractivity contribution in [1.82, 2.24) is 0 Å². The summed E-state index contributed by atoms with van der Waals surface area (Å²) in [6, 6.07) is 23.8. The first-order valence-corrected chi connectivity index (χ1v) is 9.08. The largest absolute Gasteiger partial charge is 0.647 e. The maximum absolute atomic E-state index is 13.2. The predicted octanol–water partition coefficient (Wildman–Crippen LogP) is 5.24. The number of phosphoric acid groups is 1. The van der Waals surface area contributed by atoms with Crippen LogP contribution in [0.1, 0.15) is 11.1 Å². The Hall–Kier alpha value is -2.71. The fourth-order valence-electron chi connectivity index (χ4n) is 2.59. The minimum absolute atomic E-state index is 0.427. The molecule has 0 amide bonds. The summed E-state index contributed by atoms with van der Waals surface area (Å²) in [5.74, 6) is 1.44. The van der Waals surface area contributed by atoms with Crippen molar-refractivity contribution < 1.29 is 18.1 Å². The van der Waals surface area contributed by atoms with E-state index in [4.69, 9.17) is 13.6 Å². The monoisotopic (exact) mass is 338 g/mol. The minimum Gasteiger partial charge on any atom is -0.386 e. The van der Waals surface area contributed by atoms with Crippen LogP contribution in [0.2, 0.25) is 0 Å². The molecule has 0 atom stereocenters. The summed E-state index contributed by atoms with van der Waals surface area (Å²) >= 11 is 0. The molecule has 3 aromatic rings. The zero-order valence-electron chi connectivity index (χ0n) is 12.8. The molecule has 0 fully saturated rings. The van der Waals surface area contributed by atoms with E-state index < -0.39 is 7.82 Å². The quantitative estimate of drug-likeness (QED) is 0.600. The lowest BCUT2D eigenvalue weighted by Gasteiger charge is -2.24. The first kappa shape index (κ1) is 14.9. The van der Waals surface area contributed by atoms with Gasteiger partial charge in [0.15, 0.2) is 0 Å². The number of rotatable bonds is 2. The zero-order chi connectivity index (χ0) is 16.4. The lowest BCUT2D eigenvalue weighted by atomic mass is 10.0. The molecule has 5 heteroatoms. The average molecular weight is 338 g/mol. The Bertz CT molecular complexity index is 857. The molecule has 0 bridgehead atoms. The van der Waals surface area contributed by atoms with Gasteiger partial charge in [0.1, 0.15) is 17.2 Å². The third kappa shape index (κ3) is 3.01. The Balaban J connectivity index is 1.79. The molecular weight excluding hydrogens is 323 g/mol. The van der Waals surface area contributed by atoms with Crippen molar-refractivity contribution in [2.45, 2.75) is 6.42 Å². The molecule has 4 nitrogen and oxygen atoms in total. The van der Waals surface area contributed by atoms with Crippen LogP contribution in [0.3, 0.4) is 0 Å². The fourth-order valence-corrected chi connectivity index (χ4v) is 3.92. The Morgan fingerprint density at radius 2 is 1.21 bits per heavy atom. The molecule has 0 N–H and O–H groups in total. The number of benzene rings is 3. The summed E-state index contributed by atoms with van der Waals surface area (Å²) in [4.78, 5) is 0. The maximum atomic E-state index is 13.2. The molecule has 0 radical (unpaired) electrons. The van der Waals surface area contributed by atoms with Gasteiger partial charge >= 0.3 is 7.82 Å². The first-order valence-electron chi connectivity index (χ1n) is 7.62. The molecule has 0 aliphatic carbocycles. The molecule has 0 saturated carbocycles. The van der Waals surface area contributed by atoms with E-state index >= 15 is 0 Å². The molecule has 0 aromatic heterocycles. The second-order valence-electron chi connectivity index (χ2n) is 5.43. The van der Waals surface area contributed by atoms with Crippen LogP contribution < -0.4 is 13.6 Å². The van der Waals surface area contributed by atoms with Gasteiger partial charge in [0.05, 0.1) is 0 Å². The van der Waals surface area contributed by atoms with E-state index in [9.17, 15) is 4.57 Å². The zero-order valence-corrected chi connectivity index (χ0v) is 13.7. The van der Waals surface area contributed by atoms with Crippen LogP contribution in [0, 0.1) is 0 Å². The lowest BCUT2D eigenvalue weighted by Crippen LogP contribution is -2.12. The van der Waals surface area contributed by atoms with Gasteiger partial charge in [0.2, 0.25) is 0 Å². The maximum Gasteiger partial charge on any atom is 0.647 e. The van der Waals surface area contributed by atoms with Crippen LogP contribution in [-0.2, 0) is 11.0 Å². The molecule has 1 aliphatic rings. The minimum atomic E-state index is -3.87. The summed E-state index contributed by atoms with van der Waals surface area (Å²) in [5, 5.41) is 0. The van der Waals surface area contributed by atoms with Gasteiger partial charge in [-0.05, 0) is 35.4 Å². The highest BCUT2D eigenvalue weighted by Gasteiger charge is 2.36. The van der Waals surface area contributed by atoms with E-state index in [1.807, 2.05) is 42.5 Å². The van der Waals surface area contributed by atoms with Gasteiger partial charge in [-0.2, -0.15) is 4.57 Å². The summed E-state index contributed by atoms with van der Waals surface area (Å²) in [6.07, 6.45) is 0.637. The molecule has 120 valence electrons. The topological polar surface area (TPSA) is 44.8 Å². The summed E-state index contributed by atoms with van der Waals surface area (Å²) < 4.78 is 30.2. The lowest BCUT2D eigenvalue weighted by molar-refractivity contribution is 0.294. The highest BCUT2D eigenvalue weighted by molar-refractivity contribution is 7.49. The van der Waals surface area contributed by atoms with Crippen LogP contribution in [-0.4, -0.2) is 0 Å². The fraction of sp³-hybridized carbons (Fsp3) is 0.0526. The van der Waals surface area contributed by atoms with Gasteiger partial charge in [-0.25, -0.2) is 0 Å². The second-order valence-corrected chi connectivity index (χ2v) is 6.87. The van der Waals surface area contributed by atoms with E-state index in [0.717, 1.165) is 11.1 Å². The third-order valence-corrected chi connectivity index (χ3v) is 4.98. The van der Waals surface area contributed by atoms with Crippen molar-refractivity contribution in [3.63, 3.8) is 0 Å². The van der Waals surface area contributed by atoms with E-state index in [-0.39, 0.29) is 0 Å². The average Bonchev–Trinajstić information content (AvgIpc) is 2.57. The van der Waals surface area contributed by atoms with Gasteiger partial charge < -0.3 is 13.6 Å². The number of fused-ring (bicyclic) bond motifs is 2. The standard InChI is InChI=1S/C19H15O4P/c20-24(21-17-10-2-1-3-11-17)22-18-12-6-4-8-15(18)14-16-9-5-7-13-19(16)23-24/h1-13H,14H2. The Kier molecular flexibility index (Phi) is 3.75. The number of phosphoric ester groups is 1. The van der Waals surface area contributed by atoms with Crippen molar-refractivity contribution >= 4 is 7.82 Å². The van der Waals surface area contributed by atoms with E-state index in [0.29, 0.717) is 23.7 Å². The van der Waals surface area contributed by atoms with Crippen molar-refractivity contribution in [3.05, 3.63) is 90.0 Å². The molecule has 0 unspecified atom stereocenters. The molecule has 1 aliphatic heterocycles. The van der Waals surface area contributed by atoms with E-state index in [2.05, 4.69) is 0 Å². The molecule has 3 aromatic carbocycles. The summed E-state index contributed by atoms with van der Waals surface area (Å²) in [7, 11) is -3.87. The van der Waals surface area contributed by atoms with Crippen LogP contribution in [0.5, 0.6) is 17.2 Å². The Morgan fingerprint density at radius 3 is 1.79 bits per heavy atom. The van der Waals surface area contributed by atoms with E-state index in [1.165, 1.54) is 0 Å². The highest BCUT2D eigenvalue weighted by atomic mass is 31.2. The van der Waals surface area contributed by atoms with Gasteiger partial charge in [0, 0.05) is 6.42 Å². The number of hydrogen-bond acceptors (Lipinski definition) is 4. The first-order chi connectivity index (χ1) is 11.7. The molecule has 1 heterocycles. The third-order valence-electron chi connectivity index (χ3n) is 3.71. The van der Waals surface area contributed by atoms with Gasteiger partial charge in [-0.3, -0.25) is 0 Å². The summed E-state index contributed by atoms with van der Waals surface area (Å²) in [6.45, 7) is 0. The number of hydrogen-bond donors (Lipinski definition) is 0. The Morgan fingerprint density at radius 1 is 0.708 bits per heavy atom. The Labute approximate surface area is 140 Å². The smallest absolute Gasteiger partial charge is 0.386 e. The van der Waals surface area contributed by atoms with Gasteiger partial charge in [-0.1, -0.05) is 54.6 Å². The van der Waals surface area contributed by atoms with Gasteiger partial charge in [0.25, 0.3) is 0 Å². The van der Waals surface area contributed by atoms with Crippen LogP contribution in [0.15, 0.2) is 78.9 Å². The molecule has 24 heavy (non-hydrogen) atoms. The van der Waals surface area contributed by atoms with Gasteiger partial charge in [-0.15, -0.1) is 0 Å². The molecule has 0 spiro atoms. The molecular formula is C19H15O4P. The number of para-hydroxylation sites is 3. The molecule has 4 rings (SSSR count). The van der Waals surface area contributed by atoms with Crippen molar-refractivity contribution in [3.8, 4) is 17.2 Å². The summed E-state index contributed by atoms with van der Waals surface area (Å²) in [5.41, 5.74) is 1.87. The highest BCUT2D eigenvalue weighted by Crippen LogP contribution is 2.52. The van der Waals surface area contributed by atoms with Crippen LogP contribution in [0.25, 0.3) is 0 Å². The van der Waals surface area contributed by atoms with Crippen LogP contribution in [0.4, 0.5) is 0 Å². The van der Waals surface area contributed by atoms with E-state index in [1.54, 1.807) is 36.4 Å². The SMILES string of the molecule is O=P1(Oc2ccccc2)Oc2ccccc2Cc2ccccc2O1. The van der Waals surface area contributed by atoms with Crippen molar-refractivity contribution in [2.24, 2.45) is 0 Å². The van der Waals surface area contributed by atoms with Crippen molar-refractivity contribution in [1.29, 1.82) is 0 Å². The van der Waals surface area contributed by atoms with Crippen molar-refractivity contribution in [2.75, 3.05) is 0 Å².